The first-order chi connectivity index (χ1) is 14.7. The number of ether oxygens (including phenoxy) is 3. The quantitative estimate of drug-likeness (QED) is 0.428. The maximum atomic E-state index is 10.1. The van der Waals surface area contributed by atoms with E-state index in [9.17, 15) is 5.11 Å². The van der Waals surface area contributed by atoms with Crippen LogP contribution in [0, 0.1) is 0 Å². The van der Waals surface area contributed by atoms with Crippen LogP contribution in [0.4, 0.5) is 5.69 Å². The second kappa shape index (κ2) is 9.47. The zero-order valence-corrected chi connectivity index (χ0v) is 17.2. The largest absolute Gasteiger partial charge is 0.506 e. The van der Waals surface area contributed by atoms with E-state index in [1.807, 2.05) is 36.4 Å². The molecule has 0 bridgehead atoms. The molecule has 8 nitrogen and oxygen atoms in total. The van der Waals surface area contributed by atoms with Crippen LogP contribution in [0.1, 0.15) is 6.92 Å². The molecule has 0 aliphatic carbocycles. The van der Waals surface area contributed by atoms with Crippen molar-refractivity contribution in [3.8, 4) is 23.0 Å². The summed E-state index contributed by atoms with van der Waals surface area (Å²) in [5.41, 5.74) is 0.885. The van der Waals surface area contributed by atoms with E-state index in [2.05, 4.69) is 22.0 Å². The fourth-order valence-electron chi connectivity index (χ4n) is 3.60. The van der Waals surface area contributed by atoms with E-state index in [1.165, 1.54) is 0 Å². The van der Waals surface area contributed by atoms with E-state index in [0.717, 1.165) is 55.9 Å². The van der Waals surface area contributed by atoms with Gasteiger partial charge >= 0.3 is 0 Å². The summed E-state index contributed by atoms with van der Waals surface area (Å²) in [5, 5.41) is 13.5. The van der Waals surface area contributed by atoms with Gasteiger partial charge in [0, 0.05) is 38.8 Å². The fourth-order valence-corrected chi connectivity index (χ4v) is 3.60. The van der Waals surface area contributed by atoms with Crippen LogP contribution in [0.15, 0.2) is 47.5 Å². The van der Waals surface area contributed by atoms with E-state index >= 15 is 0 Å². The van der Waals surface area contributed by atoms with E-state index in [-0.39, 0.29) is 6.79 Å². The number of guanidine groups is 1. The van der Waals surface area contributed by atoms with Crippen LogP contribution in [0.2, 0.25) is 0 Å². The molecular formula is C22H28N4O4. The number of piperazine rings is 1. The second-order valence-corrected chi connectivity index (χ2v) is 7.06. The van der Waals surface area contributed by atoms with Crippen molar-refractivity contribution >= 4 is 11.6 Å². The molecule has 2 aliphatic heterocycles. The zero-order chi connectivity index (χ0) is 20.8. The number of hydrogen-bond donors (Lipinski definition) is 2. The lowest BCUT2D eigenvalue weighted by Gasteiger charge is -2.37. The summed E-state index contributed by atoms with van der Waals surface area (Å²) in [6, 6.07) is 13.1. The summed E-state index contributed by atoms with van der Waals surface area (Å²) >= 11 is 0. The van der Waals surface area contributed by atoms with Gasteiger partial charge in [-0.2, -0.15) is 0 Å². The predicted molar refractivity (Wildman–Crippen MR) is 116 cm³/mol. The molecule has 160 valence electrons. The van der Waals surface area contributed by atoms with Gasteiger partial charge in [0.05, 0.1) is 12.2 Å². The first-order valence-electron chi connectivity index (χ1n) is 10.3. The number of aliphatic imine (C=N–C) groups is 1. The van der Waals surface area contributed by atoms with Crippen molar-refractivity contribution in [2.45, 2.75) is 6.92 Å². The maximum Gasteiger partial charge on any atom is 0.231 e. The number of aromatic hydroxyl groups is 1. The van der Waals surface area contributed by atoms with Crippen LogP contribution in [0.5, 0.6) is 23.0 Å². The molecule has 0 radical (unpaired) electrons. The lowest BCUT2D eigenvalue weighted by Crippen LogP contribution is -2.52. The summed E-state index contributed by atoms with van der Waals surface area (Å²) in [4.78, 5) is 9.18. The minimum Gasteiger partial charge on any atom is -0.506 e. The van der Waals surface area contributed by atoms with Crippen LogP contribution in [-0.2, 0) is 0 Å². The minimum atomic E-state index is 0.256. The zero-order valence-electron chi connectivity index (χ0n) is 17.2. The van der Waals surface area contributed by atoms with Crippen molar-refractivity contribution < 1.29 is 19.3 Å². The lowest BCUT2D eigenvalue weighted by molar-refractivity contribution is 0.173. The van der Waals surface area contributed by atoms with Gasteiger partial charge in [0.1, 0.15) is 18.1 Å². The van der Waals surface area contributed by atoms with Crippen molar-refractivity contribution in [3.05, 3.63) is 42.5 Å². The molecule has 8 heteroatoms. The summed E-state index contributed by atoms with van der Waals surface area (Å²) in [6.07, 6.45) is 0. The monoisotopic (exact) mass is 412 g/mol. The third-order valence-corrected chi connectivity index (χ3v) is 5.10. The molecule has 0 spiro atoms. The Labute approximate surface area is 176 Å². The number of nitrogens with one attached hydrogen (secondary N) is 1. The average molecular weight is 412 g/mol. The molecular weight excluding hydrogens is 384 g/mol. The molecule has 2 aromatic rings. The van der Waals surface area contributed by atoms with E-state index in [4.69, 9.17) is 19.2 Å². The van der Waals surface area contributed by atoms with Crippen LogP contribution in [-0.4, -0.2) is 68.6 Å². The van der Waals surface area contributed by atoms with Gasteiger partial charge < -0.3 is 34.4 Å². The Kier molecular flexibility index (Phi) is 6.32. The molecule has 30 heavy (non-hydrogen) atoms. The molecule has 1 saturated heterocycles. The Morgan fingerprint density at radius 2 is 1.90 bits per heavy atom. The Hall–Kier alpha value is -3.29. The highest BCUT2D eigenvalue weighted by Gasteiger charge is 2.21. The van der Waals surface area contributed by atoms with Gasteiger partial charge in [-0.15, -0.1) is 0 Å². The van der Waals surface area contributed by atoms with Gasteiger partial charge in [0.15, 0.2) is 17.5 Å². The third-order valence-electron chi connectivity index (χ3n) is 5.10. The van der Waals surface area contributed by atoms with Gasteiger partial charge in [0.25, 0.3) is 0 Å². The second-order valence-electron chi connectivity index (χ2n) is 7.06. The number of para-hydroxylation sites is 2. The topological polar surface area (TPSA) is 78.8 Å². The summed E-state index contributed by atoms with van der Waals surface area (Å²) < 4.78 is 16.5. The SMILES string of the molecule is CCNC(=NCCOc1ccc2c(c1)OCO2)N1CCN(c2ccccc2O)CC1. The third kappa shape index (κ3) is 4.64. The lowest BCUT2D eigenvalue weighted by atomic mass is 10.2. The molecule has 2 N–H and O–H groups in total. The number of benzene rings is 2. The number of nitrogens with zero attached hydrogens (tertiary/aromatic N) is 3. The highest BCUT2D eigenvalue weighted by molar-refractivity contribution is 5.80. The smallest absolute Gasteiger partial charge is 0.231 e. The number of anilines is 1. The number of phenolic OH excluding ortho intramolecular Hbond substituents is 1. The van der Waals surface area contributed by atoms with E-state index in [0.29, 0.717) is 24.7 Å². The molecule has 2 aromatic carbocycles. The van der Waals surface area contributed by atoms with Crippen LogP contribution in [0.25, 0.3) is 0 Å². The predicted octanol–water partition coefficient (Wildman–Crippen LogP) is 2.29. The molecule has 4 rings (SSSR count). The molecule has 0 amide bonds. The average Bonchev–Trinajstić information content (AvgIpc) is 3.24. The normalized spacial score (nSPS) is 16.0. The molecule has 1 fully saturated rings. The van der Waals surface area contributed by atoms with Gasteiger partial charge in [-0.05, 0) is 31.2 Å². The molecule has 0 atom stereocenters. The highest BCUT2D eigenvalue weighted by atomic mass is 16.7. The number of phenols is 1. The fraction of sp³-hybridized carbons (Fsp3) is 0.409. The molecule has 0 unspecified atom stereocenters. The van der Waals surface area contributed by atoms with Crippen molar-refractivity contribution in [1.29, 1.82) is 0 Å². The highest BCUT2D eigenvalue weighted by Crippen LogP contribution is 2.35. The van der Waals surface area contributed by atoms with Gasteiger partial charge in [-0.25, -0.2) is 4.99 Å². The maximum absolute atomic E-state index is 10.1. The van der Waals surface area contributed by atoms with Crippen LogP contribution < -0.4 is 24.4 Å². The standard InChI is InChI=1S/C22H28N4O4/c1-2-23-22(24-9-14-28-17-7-8-20-21(15-17)30-16-29-20)26-12-10-25(11-13-26)18-5-3-4-6-19(18)27/h3-8,15,27H,2,9-14,16H2,1H3,(H,23,24). The summed E-state index contributed by atoms with van der Waals surface area (Å²) in [5.74, 6) is 3.43. The Morgan fingerprint density at radius 1 is 1.10 bits per heavy atom. The molecule has 0 saturated carbocycles. The van der Waals surface area contributed by atoms with Crippen molar-refractivity contribution in [3.63, 3.8) is 0 Å². The molecule has 2 aliphatic rings. The van der Waals surface area contributed by atoms with E-state index < -0.39 is 0 Å². The van der Waals surface area contributed by atoms with E-state index in [1.54, 1.807) is 6.07 Å². The number of rotatable bonds is 6. The van der Waals surface area contributed by atoms with Crippen molar-refractivity contribution in [2.75, 3.05) is 57.6 Å². The summed E-state index contributed by atoms with van der Waals surface area (Å²) in [7, 11) is 0. The minimum absolute atomic E-state index is 0.256. The van der Waals surface area contributed by atoms with Gasteiger partial charge in [-0.3, -0.25) is 0 Å². The number of hydrogen-bond acceptors (Lipinski definition) is 6. The Morgan fingerprint density at radius 3 is 2.70 bits per heavy atom. The van der Waals surface area contributed by atoms with Crippen molar-refractivity contribution in [2.24, 2.45) is 4.99 Å². The Balaban J connectivity index is 1.29. The van der Waals surface area contributed by atoms with Crippen molar-refractivity contribution in [1.82, 2.24) is 10.2 Å². The molecule has 0 aromatic heterocycles. The van der Waals surface area contributed by atoms with Crippen LogP contribution >= 0.6 is 0 Å². The van der Waals surface area contributed by atoms with Gasteiger partial charge in [-0.1, -0.05) is 12.1 Å². The van der Waals surface area contributed by atoms with Crippen LogP contribution in [0.3, 0.4) is 0 Å². The Bertz CT molecular complexity index is 881. The first-order valence-corrected chi connectivity index (χ1v) is 10.3. The van der Waals surface area contributed by atoms with Gasteiger partial charge in [0.2, 0.25) is 6.79 Å². The molecule has 2 heterocycles. The summed E-state index contributed by atoms with van der Waals surface area (Å²) in [6.45, 7) is 7.49. The number of fused-ring (bicyclic) bond motifs is 1. The first kappa shape index (κ1) is 20.0.